The molecule has 0 aromatic heterocycles. The molecule has 0 aliphatic rings. The van der Waals surface area contributed by atoms with Gasteiger partial charge in [-0.25, -0.2) is 4.79 Å². The van der Waals surface area contributed by atoms with Gasteiger partial charge in [0.2, 0.25) is 0 Å². The molecule has 0 saturated heterocycles. The van der Waals surface area contributed by atoms with Crippen LogP contribution in [0.4, 0.5) is 23.7 Å². The lowest BCUT2D eigenvalue weighted by atomic mass is 10.1. The molecule has 2 amide bonds. The van der Waals surface area contributed by atoms with Crippen molar-refractivity contribution < 1.29 is 27.6 Å². The fourth-order valence-corrected chi connectivity index (χ4v) is 1.65. The molecular weight excluding hydrogens is 313 g/mol. The summed E-state index contributed by atoms with van der Waals surface area (Å²) in [5, 5.41) is 2.33. The Hall–Kier alpha value is -3.03. The molecule has 0 radical (unpaired) electrons. The smallest absolute Gasteiger partial charge is 0.321 e. The summed E-state index contributed by atoms with van der Waals surface area (Å²) in [5.41, 5.74) is 0.957. The van der Waals surface area contributed by atoms with Gasteiger partial charge in [0, 0.05) is 11.3 Å². The maximum absolute atomic E-state index is 12.6. The number of hydrogen-bond acceptors (Lipinski definition) is 3. The number of carbonyl (C=O) groups is 2. The highest BCUT2D eigenvalue weighted by molar-refractivity contribution is 5.95. The average molecular weight is 324 g/mol. The summed E-state index contributed by atoms with van der Waals surface area (Å²) in [4.78, 5) is 27.6. The van der Waals surface area contributed by atoms with Crippen LogP contribution in [0, 0.1) is 0 Å². The fraction of sp³-hybridized carbons (Fsp3) is 0.0667. The number of alkyl halides is 3. The van der Waals surface area contributed by atoms with Crippen LogP contribution in [0.3, 0.4) is 0 Å². The summed E-state index contributed by atoms with van der Waals surface area (Å²) in [6, 6.07) is 12.0. The van der Waals surface area contributed by atoms with Gasteiger partial charge in [-0.15, -0.1) is 0 Å². The second-order valence-electron chi connectivity index (χ2n) is 4.39. The first-order chi connectivity index (χ1) is 10.9. The Bertz CT molecular complexity index is 703. The second kappa shape index (κ2) is 6.82. The molecular formula is C15H11F3N2O3. The monoisotopic (exact) mass is 324 g/mol. The van der Waals surface area contributed by atoms with Gasteiger partial charge >= 0.3 is 12.3 Å². The molecule has 8 heteroatoms. The van der Waals surface area contributed by atoms with E-state index >= 15 is 0 Å². The Morgan fingerprint density at radius 2 is 1.65 bits per heavy atom. The topological polar surface area (TPSA) is 67.4 Å². The van der Waals surface area contributed by atoms with Crippen LogP contribution >= 0.6 is 0 Å². The Morgan fingerprint density at radius 1 is 0.957 bits per heavy atom. The van der Waals surface area contributed by atoms with Crippen LogP contribution in [0.2, 0.25) is 0 Å². The van der Waals surface area contributed by atoms with Gasteiger partial charge < -0.3 is 4.84 Å². The summed E-state index contributed by atoms with van der Waals surface area (Å²) < 4.78 is 37.7. The highest BCUT2D eigenvalue weighted by atomic mass is 19.4. The molecule has 0 spiro atoms. The van der Waals surface area contributed by atoms with Crippen molar-refractivity contribution in [3.63, 3.8) is 0 Å². The first-order valence-corrected chi connectivity index (χ1v) is 6.37. The van der Waals surface area contributed by atoms with Crippen molar-refractivity contribution in [2.75, 3.05) is 5.32 Å². The zero-order valence-corrected chi connectivity index (χ0v) is 11.6. The quantitative estimate of drug-likeness (QED) is 0.830. The van der Waals surface area contributed by atoms with Gasteiger partial charge in [0.25, 0.3) is 5.91 Å². The van der Waals surface area contributed by atoms with Gasteiger partial charge in [-0.3, -0.25) is 10.1 Å². The van der Waals surface area contributed by atoms with Crippen molar-refractivity contribution in [2.24, 2.45) is 0 Å². The lowest BCUT2D eigenvalue weighted by molar-refractivity contribution is -0.137. The van der Waals surface area contributed by atoms with Crippen molar-refractivity contribution in [1.82, 2.24) is 5.48 Å². The molecule has 0 aliphatic carbocycles. The predicted molar refractivity (Wildman–Crippen MR) is 75.5 cm³/mol. The number of halogens is 3. The van der Waals surface area contributed by atoms with Crippen LogP contribution < -0.4 is 10.8 Å². The number of benzene rings is 2. The molecule has 0 heterocycles. The normalized spacial score (nSPS) is 10.7. The molecule has 2 rings (SSSR count). The summed E-state index contributed by atoms with van der Waals surface area (Å²) in [5.74, 6) is -0.973. The van der Waals surface area contributed by atoms with Crippen molar-refractivity contribution in [3.8, 4) is 0 Å². The number of carbonyl (C=O) groups excluding carboxylic acids is 2. The Kier molecular flexibility index (Phi) is 4.85. The molecule has 0 aliphatic heterocycles. The predicted octanol–water partition coefficient (Wildman–Crippen LogP) is 3.60. The summed E-state index contributed by atoms with van der Waals surface area (Å²) in [6.07, 6.45) is -5.54. The van der Waals surface area contributed by atoms with Crippen molar-refractivity contribution in [2.45, 2.75) is 6.18 Å². The van der Waals surface area contributed by atoms with Gasteiger partial charge in [0.05, 0.1) is 5.56 Å². The first-order valence-electron chi connectivity index (χ1n) is 6.37. The van der Waals surface area contributed by atoms with E-state index in [4.69, 9.17) is 0 Å². The summed E-state index contributed by atoms with van der Waals surface area (Å²) in [6.45, 7) is 0. The summed E-state index contributed by atoms with van der Waals surface area (Å²) >= 11 is 0. The van der Waals surface area contributed by atoms with Crippen molar-refractivity contribution in [3.05, 3.63) is 65.7 Å². The Morgan fingerprint density at radius 3 is 2.30 bits per heavy atom. The lowest BCUT2D eigenvalue weighted by Gasteiger charge is -2.09. The Labute approximate surface area is 129 Å². The minimum atomic E-state index is -4.57. The number of para-hydroxylation sites is 1. The van der Waals surface area contributed by atoms with Crippen LogP contribution in [-0.4, -0.2) is 12.0 Å². The van der Waals surface area contributed by atoms with Crippen LogP contribution in [0.1, 0.15) is 15.9 Å². The molecule has 23 heavy (non-hydrogen) atoms. The third kappa shape index (κ3) is 4.73. The number of hydroxylamine groups is 1. The van der Waals surface area contributed by atoms with E-state index in [-0.39, 0.29) is 5.56 Å². The Balaban J connectivity index is 1.93. The third-order valence-corrected chi connectivity index (χ3v) is 2.71. The van der Waals surface area contributed by atoms with Gasteiger partial charge in [-0.1, -0.05) is 24.3 Å². The van der Waals surface area contributed by atoms with Crippen molar-refractivity contribution >= 4 is 17.7 Å². The molecule has 0 unspecified atom stereocenters. The molecule has 120 valence electrons. The average Bonchev–Trinajstić information content (AvgIpc) is 2.53. The van der Waals surface area contributed by atoms with Crippen LogP contribution in [0.25, 0.3) is 0 Å². The van der Waals surface area contributed by atoms with E-state index in [0.29, 0.717) is 11.8 Å². The van der Waals surface area contributed by atoms with Gasteiger partial charge in [-0.2, -0.15) is 18.7 Å². The maximum Gasteiger partial charge on any atom is 0.436 e. The third-order valence-electron chi connectivity index (χ3n) is 2.71. The number of amides is 2. The van der Waals surface area contributed by atoms with Crippen LogP contribution in [-0.2, 0) is 11.0 Å². The molecule has 2 aromatic rings. The zero-order chi connectivity index (χ0) is 16.9. The maximum atomic E-state index is 12.6. The number of hydrogen-bond donors (Lipinski definition) is 2. The van der Waals surface area contributed by atoms with Gasteiger partial charge in [-0.05, 0) is 30.3 Å². The molecule has 5 nitrogen and oxygen atoms in total. The number of rotatable bonds is 2. The first kappa shape index (κ1) is 16.3. The van der Waals surface area contributed by atoms with Crippen molar-refractivity contribution in [1.29, 1.82) is 0 Å². The van der Waals surface area contributed by atoms with E-state index in [0.717, 1.165) is 12.1 Å². The lowest BCUT2D eigenvalue weighted by Crippen LogP contribution is -2.29. The summed E-state index contributed by atoms with van der Waals surface area (Å²) in [7, 11) is 0. The van der Waals surface area contributed by atoms with E-state index in [9.17, 15) is 22.8 Å². The molecule has 0 bridgehead atoms. The van der Waals surface area contributed by atoms with Gasteiger partial charge in [0.1, 0.15) is 0 Å². The second-order valence-corrected chi connectivity index (χ2v) is 4.39. The SMILES string of the molecule is O=C(Nc1ccccc1)ONC(=O)c1cccc(C(F)(F)F)c1. The van der Waals surface area contributed by atoms with E-state index in [1.165, 1.54) is 6.07 Å². The highest BCUT2D eigenvalue weighted by Crippen LogP contribution is 2.29. The number of nitrogens with one attached hydrogen (secondary N) is 2. The van der Waals surface area contributed by atoms with Crippen LogP contribution in [0.5, 0.6) is 0 Å². The van der Waals surface area contributed by atoms with E-state index < -0.39 is 23.7 Å². The minimum Gasteiger partial charge on any atom is -0.321 e. The van der Waals surface area contributed by atoms with E-state index in [1.807, 2.05) is 0 Å². The largest absolute Gasteiger partial charge is 0.436 e. The number of anilines is 1. The fourth-order valence-electron chi connectivity index (χ4n) is 1.65. The zero-order valence-electron chi connectivity index (χ0n) is 11.6. The molecule has 2 aromatic carbocycles. The standard InChI is InChI=1S/C15H11F3N2O3/c16-15(17,18)11-6-4-5-10(9-11)13(21)20-23-14(22)19-12-7-2-1-3-8-12/h1-9H,(H,19,22)(H,20,21). The molecule has 2 N–H and O–H groups in total. The van der Waals surface area contributed by atoms with Crippen LogP contribution in [0.15, 0.2) is 54.6 Å². The molecule has 0 fully saturated rings. The minimum absolute atomic E-state index is 0.285. The highest BCUT2D eigenvalue weighted by Gasteiger charge is 2.30. The van der Waals surface area contributed by atoms with Gasteiger partial charge in [0.15, 0.2) is 0 Å². The molecule has 0 saturated carbocycles. The molecule has 0 atom stereocenters. The van der Waals surface area contributed by atoms with E-state index in [2.05, 4.69) is 10.2 Å². The van der Waals surface area contributed by atoms with E-state index in [1.54, 1.807) is 35.8 Å².